The van der Waals surface area contributed by atoms with E-state index in [1.54, 1.807) is 19.1 Å². The quantitative estimate of drug-likeness (QED) is 0.569. The minimum Gasteiger partial charge on any atom is -0.497 e. The molecular weight excluding hydrogens is 442 g/mol. The molecule has 0 spiro atoms. The highest BCUT2D eigenvalue weighted by molar-refractivity contribution is 6.03. The zero-order valence-electron chi connectivity index (χ0n) is 20.7. The number of fused-ring (bicyclic) bond motifs is 3. The Labute approximate surface area is 206 Å². The Morgan fingerprint density at radius 1 is 1.03 bits per heavy atom. The molecule has 1 saturated carbocycles. The second-order valence-corrected chi connectivity index (χ2v) is 9.87. The molecule has 1 N–H and O–H groups in total. The fourth-order valence-corrected chi connectivity index (χ4v) is 5.45. The molecule has 184 valence electrons. The van der Waals surface area contributed by atoms with Gasteiger partial charge in [-0.1, -0.05) is 31.4 Å². The number of amides is 2. The minimum atomic E-state index is -1.06. The number of aromatic nitrogens is 1. The summed E-state index contributed by atoms with van der Waals surface area (Å²) in [4.78, 5) is 29.6. The van der Waals surface area contributed by atoms with Gasteiger partial charge in [-0.3, -0.25) is 9.59 Å². The summed E-state index contributed by atoms with van der Waals surface area (Å²) in [7, 11) is 3.25. The average molecular weight is 476 g/mol. The molecule has 2 amide bonds. The van der Waals surface area contributed by atoms with Crippen molar-refractivity contribution in [1.29, 1.82) is 0 Å². The summed E-state index contributed by atoms with van der Waals surface area (Å²) >= 11 is 0. The molecule has 2 heterocycles. The third-order valence-corrected chi connectivity index (χ3v) is 7.54. The van der Waals surface area contributed by atoms with E-state index in [1.165, 1.54) is 6.42 Å². The maximum Gasteiger partial charge on any atom is 0.271 e. The SMILES string of the molecule is COc1cccc(CN2C(=O)c3cc4ccc(OC)cc4n3C[C@]2(C)C(=O)NC2CCCCC2)c1. The summed E-state index contributed by atoms with van der Waals surface area (Å²) in [5.41, 5.74) is 1.34. The topological polar surface area (TPSA) is 72.8 Å². The first-order valence-electron chi connectivity index (χ1n) is 12.4. The highest BCUT2D eigenvalue weighted by Gasteiger charge is 2.48. The molecule has 35 heavy (non-hydrogen) atoms. The number of carbonyl (C=O) groups excluding carboxylic acids is 2. The standard InChI is InChI=1S/C28H33N3O4/c1-28(27(33)29-21-9-5-4-6-10-21)18-30-24-16-23(35-3)13-12-20(24)15-25(30)26(32)31(28)17-19-8-7-11-22(14-19)34-2/h7-8,11-16,21H,4-6,9-10,17-18H2,1-3H3,(H,29,33)/t28-/m1/s1. The van der Waals surface area contributed by atoms with Crippen LogP contribution < -0.4 is 14.8 Å². The lowest BCUT2D eigenvalue weighted by Gasteiger charge is -2.45. The molecule has 2 aliphatic rings. The summed E-state index contributed by atoms with van der Waals surface area (Å²) in [6, 6.07) is 15.5. The van der Waals surface area contributed by atoms with Crippen molar-refractivity contribution in [2.45, 2.75) is 63.7 Å². The van der Waals surface area contributed by atoms with E-state index in [-0.39, 0.29) is 17.9 Å². The molecular formula is C28H33N3O4. The number of ether oxygens (including phenoxy) is 2. The van der Waals surface area contributed by atoms with Gasteiger partial charge in [-0.2, -0.15) is 0 Å². The van der Waals surface area contributed by atoms with Gasteiger partial charge in [0.1, 0.15) is 22.7 Å². The van der Waals surface area contributed by atoms with Crippen LogP contribution in [0.15, 0.2) is 48.5 Å². The van der Waals surface area contributed by atoms with E-state index in [0.29, 0.717) is 18.8 Å². The molecule has 1 aliphatic heterocycles. The van der Waals surface area contributed by atoms with Crippen molar-refractivity contribution in [3.8, 4) is 11.5 Å². The molecule has 5 rings (SSSR count). The molecule has 1 aromatic heterocycles. The van der Waals surface area contributed by atoms with Crippen LogP contribution in [-0.4, -0.2) is 47.1 Å². The molecule has 0 radical (unpaired) electrons. The first-order chi connectivity index (χ1) is 16.9. The molecule has 7 nitrogen and oxygen atoms in total. The van der Waals surface area contributed by atoms with Crippen molar-refractivity contribution >= 4 is 22.7 Å². The van der Waals surface area contributed by atoms with Crippen LogP contribution in [0.25, 0.3) is 10.9 Å². The number of nitrogens with zero attached hydrogens (tertiary/aromatic N) is 2. The molecule has 3 aromatic rings. The summed E-state index contributed by atoms with van der Waals surface area (Å²) in [5.74, 6) is 1.19. The third kappa shape index (κ3) is 4.24. The predicted molar refractivity (Wildman–Crippen MR) is 135 cm³/mol. The first kappa shape index (κ1) is 23.3. The van der Waals surface area contributed by atoms with Gasteiger partial charge in [-0.25, -0.2) is 0 Å². The van der Waals surface area contributed by atoms with Crippen molar-refractivity contribution in [2.24, 2.45) is 0 Å². The van der Waals surface area contributed by atoms with E-state index in [9.17, 15) is 9.59 Å². The van der Waals surface area contributed by atoms with Gasteiger partial charge in [0.25, 0.3) is 5.91 Å². The van der Waals surface area contributed by atoms with Crippen LogP contribution in [0.4, 0.5) is 0 Å². The normalized spacial score (nSPS) is 20.5. The van der Waals surface area contributed by atoms with Crippen molar-refractivity contribution in [2.75, 3.05) is 14.2 Å². The Hall–Kier alpha value is -3.48. The summed E-state index contributed by atoms with van der Waals surface area (Å²) < 4.78 is 12.8. The highest BCUT2D eigenvalue weighted by atomic mass is 16.5. The van der Waals surface area contributed by atoms with Crippen molar-refractivity contribution in [3.63, 3.8) is 0 Å². The van der Waals surface area contributed by atoms with Crippen molar-refractivity contribution in [3.05, 3.63) is 59.8 Å². The van der Waals surface area contributed by atoms with Crippen molar-refractivity contribution < 1.29 is 19.1 Å². The largest absolute Gasteiger partial charge is 0.497 e. The Morgan fingerprint density at radius 3 is 2.51 bits per heavy atom. The Bertz CT molecular complexity index is 1260. The van der Waals surface area contributed by atoms with E-state index in [4.69, 9.17) is 9.47 Å². The maximum atomic E-state index is 14.0. The molecule has 1 aliphatic carbocycles. The monoisotopic (exact) mass is 475 g/mol. The lowest BCUT2D eigenvalue weighted by atomic mass is 9.91. The second-order valence-electron chi connectivity index (χ2n) is 9.87. The van der Waals surface area contributed by atoms with Crippen LogP contribution in [0.3, 0.4) is 0 Å². The number of hydrogen-bond donors (Lipinski definition) is 1. The number of carbonyl (C=O) groups is 2. The molecule has 0 bridgehead atoms. The molecule has 1 atom stereocenters. The van der Waals surface area contributed by atoms with E-state index < -0.39 is 5.54 Å². The van der Waals surface area contributed by atoms with Crippen LogP contribution >= 0.6 is 0 Å². The van der Waals surface area contributed by atoms with E-state index in [1.807, 2.05) is 60.0 Å². The second kappa shape index (κ2) is 9.29. The Morgan fingerprint density at radius 2 is 1.77 bits per heavy atom. The number of rotatable bonds is 6. The predicted octanol–water partition coefficient (Wildman–Crippen LogP) is 4.52. The van der Waals surface area contributed by atoms with Crippen LogP contribution in [-0.2, 0) is 17.9 Å². The van der Waals surface area contributed by atoms with Gasteiger partial charge in [-0.15, -0.1) is 0 Å². The van der Waals surface area contributed by atoms with Crippen molar-refractivity contribution in [1.82, 2.24) is 14.8 Å². The summed E-state index contributed by atoms with van der Waals surface area (Å²) in [5, 5.41) is 4.24. The summed E-state index contributed by atoms with van der Waals surface area (Å²) in [6.07, 6.45) is 5.44. The summed E-state index contributed by atoms with van der Waals surface area (Å²) in [6.45, 7) is 2.57. The fourth-order valence-electron chi connectivity index (χ4n) is 5.45. The lowest BCUT2D eigenvalue weighted by molar-refractivity contribution is -0.134. The number of hydrogen-bond acceptors (Lipinski definition) is 4. The van der Waals surface area contributed by atoms with Gasteiger partial charge in [0.05, 0.1) is 26.3 Å². The molecule has 0 unspecified atom stereocenters. The van der Waals surface area contributed by atoms with Crippen LogP contribution in [0, 0.1) is 0 Å². The van der Waals surface area contributed by atoms with Gasteiger partial charge in [0.2, 0.25) is 5.91 Å². The minimum absolute atomic E-state index is 0.101. The number of nitrogens with one attached hydrogen (secondary N) is 1. The van der Waals surface area contributed by atoms with E-state index in [0.717, 1.165) is 53.6 Å². The van der Waals surface area contributed by atoms with Gasteiger partial charge in [0, 0.05) is 24.0 Å². The van der Waals surface area contributed by atoms with Crippen LogP contribution in [0.5, 0.6) is 11.5 Å². The number of methoxy groups -OCH3 is 2. The first-order valence-corrected chi connectivity index (χ1v) is 12.4. The zero-order valence-corrected chi connectivity index (χ0v) is 20.7. The van der Waals surface area contributed by atoms with Gasteiger partial charge < -0.3 is 24.3 Å². The lowest BCUT2D eigenvalue weighted by Crippen LogP contribution is -2.64. The average Bonchev–Trinajstić information content (AvgIpc) is 3.24. The highest BCUT2D eigenvalue weighted by Crippen LogP contribution is 2.35. The molecule has 1 fully saturated rings. The molecule has 2 aromatic carbocycles. The zero-order chi connectivity index (χ0) is 24.6. The Kier molecular flexibility index (Phi) is 6.17. The molecule has 7 heteroatoms. The van der Waals surface area contributed by atoms with E-state index in [2.05, 4.69) is 5.32 Å². The van der Waals surface area contributed by atoms with E-state index >= 15 is 0 Å². The van der Waals surface area contributed by atoms with Crippen LogP contribution in [0.2, 0.25) is 0 Å². The van der Waals surface area contributed by atoms with Gasteiger partial charge in [-0.05, 0) is 55.7 Å². The van der Waals surface area contributed by atoms with Gasteiger partial charge >= 0.3 is 0 Å². The Balaban J connectivity index is 1.56. The van der Waals surface area contributed by atoms with Crippen LogP contribution in [0.1, 0.15) is 55.1 Å². The van der Waals surface area contributed by atoms with Gasteiger partial charge in [0.15, 0.2) is 0 Å². The third-order valence-electron chi connectivity index (χ3n) is 7.54. The fraction of sp³-hybridized carbons (Fsp3) is 0.429. The molecule has 0 saturated heterocycles. The smallest absolute Gasteiger partial charge is 0.271 e. The maximum absolute atomic E-state index is 14.0. The number of benzene rings is 2.